The van der Waals surface area contributed by atoms with E-state index >= 15 is 0 Å². The van der Waals surface area contributed by atoms with Crippen LogP contribution in [0.3, 0.4) is 0 Å². The zero-order chi connectivity index (χ0) is 14.4. The monoisotopic (exact) mass is 280 g/mol. The van der Waals surface area contributed by atoms with Crippen molar-refractivity contribution in [2.45, 2.75) is 69.4 Å². The number of imide groups is 1. The van der Waals surface area contributed by atoms with Crippen molar-refractivity contribution in [3.05, 3.63) is 0 Å². The molecular weight excluding hydrogens is 256 g/mol. The van der Waals surface area contributed by atoms with E-state index in [1.165, 1.54) is 4.90 Å². The minimum Gasteiger partial charge on any atom is -0.388 e. The Balaban J connectivity index is 1.71. The van der Waals surface area contributed by atoms with Crippen LogP contribution < -0.4 is 5.32 Å². The zero-order valence-electron chi connectivity index (χ0n) is 12.2. The van der Waals surface area contributed by atoms with Crippen LogP contribution in [0.4, 0.5) is 4.79 Å². The van der Waals surface area contributed by atoms with Crippen LogP contribution in [0.2, 0.25) is 0 Å². The lowest BCUT2D eigenvalue weighted by molar-refractivity contribution is -0.134. The molecule has 1 saturated heterocycles. The van der Waals surface area contributed by atoms with E-state index in [9.17, 15) is 14.7 Å². The summed E-state index contributed by atoms with van der Waals surface area (Å²) in [5.41, 5.74) is -1.54. The molecule has 2 saturated carbocycles. The molecule has 1 heterocycles. The molecular formula is C15H24N2O3. The molecule has 0 aromatic rings. The Hall–Kier alpha value is -1.10. The molecule has 3 aliphatic rings. The maximum absolute atomic E-state index is 12.6. The molecule has 0 aromatic carbocycles. The molecule has 112 valence electrons. The van der Waals surface area contributed by atoms with Gasteiger partial charge in [0, 0.05) is 0 Å². The van der Waals surface area contributed by atoms with Crippen molar-refractivity contribution in [2.24, 2.45) is 5.92 Å². The molecule has 1 spiro atoms. The lowest BCUT2D eigenvalue weighted by Gasteiger charge is -2.36. The molecule has 0 radical (unpaired) electrons. The second-order valence-corrected chi connectivity index (χ2v) is 7.02. The van der Waals surface area contributed by atoms with Gasteiger partial charge in [-0.05, 0) is 44.4 Å². The molecule has 0 atom stereocenters. The molecule has 5 heteroatoms. The fourth-order valence-electron chi connectivity index (χ4n) is 3.89. The molecule has 0 aromatic heterocycles. The third-order valence-corrected chi connectivity index (χ3v) is 5.36. The standard InChI is InChI=1S/C15H24N2O3/c1-11-4-8-14(20,9-5-11)10-17-12(18)15(16-13(17)19)6-2-3-7-15/h11,20H,2-10H2,1H3,(H,16,19). The van der Waals surface area contributed by atoms with Gasteiger partial charge >= 0.3 is 6.03 Å². The number of carbonyl (C=O) groups excluding carboxylic acids is 2. The second kappa shape index (κ2) is 4.72. The maximum Gasteiger partial charge on any atom is 0.325 e. The number of amides is 3. The molecule has 0 unspecified atom stereocenters. The van der Waals surface area contributed by atoms with Crippen molar-refractivity contribution in [2.75, 3.05) is 6.54 Å². The van der Waals surface area contributed by atoms with E-state index in [0.717, 1.165) is 38.5 Å². The van der Waals surface area contributed by atoms with Gasteiger partial charge in [0.05, 0.1) is 12.1 Å². The van der Waals surface area contributed by atoms with Gasteiger partial charge in [-0.2, -0.15) is 0 Å². The number of nitrogens with one attached hydrogen (secondary N) is 1. The molecule has 5 nitrogen and oxygen atoms in total. The minimum absolute atomic E-state index is 0.118. The van der Waals surface area contributed by atoms with Gasteiger partial charge in [0.15, 0.2) is 0 Å². The molecule has 0 bridgehead atoms. The molecule has 1 aliphatic heterocycles. The minimum atomic E-state index is -0.885. The molecule has 2 N–H and O–H groups in total. The normalized spacial score (nSPS) is 36.7. The number of urea groups is 1. The SMILES string of the molecule is CC1CCC(O)(CN2C(=O)NC3(CCCC3)C2=O)CC1. The number of nitrogens with zero attached hydrogens (tertiary/aromatic N) is 1. The highest BCUT2D eigenvalue weighted by molar-refractivity contribution is 6.07. The first-order valence-corrected chi connectivity index (χ1v) is 7.81. The summed E-state index contributed by atoms with van der Waals surface area (Å²) in [6.45, 7) is 2.34. The largest absolute Gasteiger partial charge is 0.388 e. The summed E-state index contributed by atoms with van der Waals surface area (Å²) in [5, 5.41) is 13.5. The predicted octanol–water partition coefficient (Wildman–Crippen LogP) is 1.79. The van der Waals surface area contributed by atoms with Gasteiger partial charge < -0.3 is 10.4 Å². The fraction of sp³-hybridized carbons (Fsp3) is 0.867. The summed E-state index contributed by atoms with van der Waals surface area (Å²) in [6, 6.07) is -0.316. The summed E-state index contributed by atoms with van der Waals surface area (Å²) in [4.78, 5) is 25.9. The van der Waals surface area contributed by atoms with Crippen LogP contribution >= 0.6 is 0 Å². The number of β-amino-alcohol motifs (C(OH)–C–C–N with tert-alkyl or cyclic N) is 1. The van der Waals surface area contributed by atoms with Gasteiger partial charge in [0.2, 0.25) is 0 Å². The molecule has 3 fully saturated rings. The van der Waals surface area contributed by atoms with Crippen molar-refractivity contribution < 1.29 is 14.7 Å². The van der Waals surface area contributed by atoms with E-state index in [0.29, 0.717) is 18.8 Å². The quantitative estimate of drug-likeness (QED) is 0.758. The topological polar surface area (TPSA) is 69.6 Å². The lowest BCUT2D eigenvalue weighted by atomic mass is 9.79. The number of hydrogen-bond donors (Lipinski definition) is 2. The summed E-state index contributed by atoms with van der Waals surface area (Å²) in [7, 11) is 0. The smallest absolute Gasteiger partial charge is 0.325 e. The Kier molecular flexibility index (Phi) is 3.27. The highest BCUT2D eigenvalue weighted by atomic mass is 16.3. The van der Waals surface area contributed by atoms with Crippen molar-refractivity contribution in [1.82, 2.24) is 10.2 Å². The summed E-state index contributed by atoms with van der Waals surface area (Å²) < 4.78 is 0. The number of rotatable bonds is 2. The average Bonchev–Trinajstić information content (AvgIpc) is 2.96. The van der Waals surface area contributed by atoms with E-state index in [1.54, 1.807) is 0 Å². The van der Waals surface area contributed by atoms with Gasteiger partial charge in [-0.25, -0.2) is 4.79 Å². The van der Waals surface area contributed by atoms with Crippen molar-refractivity contribution >= 4 is 11.9 Å². The van der Waals surface area contributed by atoms with E-state index < -0.39 is 11.1 Å². The number of hydrogen-bond acceptors (Lipinski definition) is 3. The third-order valence-electron chi connectivity index (χ3n) is 5.36. The van der Waals surface area contributed by atoms with Gasteiger partial charge in [-0.3, -0.25) is 9.69 Å². The Morgan fingerprint density at radius 3 is 2.40 bits per heavy atom. The van der Waals surface area contributed by atoms with E-state index in [2.05, 4.69) is 12.2 Å². The van der Waals surface area contributed by atoms with Gasteiger partial charge in [0.25, 0.3) is 5.91 Å². The highest BCUT2D eigenvalue weighted by Gasteiger charge is 2.53. The van der Waals surface area contributed by atoms with Crippen LogP contribution in [0.1, 0.15) is 58.3 Å². The van der Waals surface area contributed by atoms with Crippen LogP contribution in [0, 0.1) is 5.92 Å². The molecule has 3 amide bonds. The first-order chi connectivity index (χ1) is 9.44. The first-order valence-electron chi connectivity index (χ1n) is 7.81. The predicted molar refractivity (Wildman–Crippen MR) is 74.0 cm³/mol. The van der Waals surface area contributed by atoms with E-state index in [-0.39, 0.29) is 18.5 Å². The Labute approximate surface area is 119 Å². The van der Waals surface area contributed by atoms with Crippen molar-refractivity contribution in [1.29, 1.82) is 0 Å². The van der Waals surface area contributed by atoms with E-state index in [1.807, 2.05) is 0 Å². The fourth-order valence-corrected chi connectivity index (χ4v) is 3.89. The van der Waals surface area contributed by atoms with Gasteiger partial charge in [-0.15, -0.1) is 0 Å². The summed E-state index contributed by atoms with van der Waals surface area (Å²) in [6.07, 6.45) is 6.74. The van der Waals surface area contributed by atoms with Crippen LogP contribution in [-0.4, -0.2) is 39.6 Å². The highest BCUT2D eigenvalue weighted by Crippen LogP contribution is 2.38. The summed E-state index contributed by atoms with van der Waals surface area (Å²) >= 11 is 0. The maximum atomic E-state index is 12.6. The molecule has 20 heavy (non-hydrogen) atoms. The van der Waals surface area contributed by atoms with Gasteiger partial charge in [-0.1, -0.05) is 19.8 Å². The van der Waals surface area contributed by atoms with E-state index in [4.69, 9.17) is 0 Å². The number of carbonyl (C=O) groups is 2. The Morgan fingerprint density at radius 2 is 1.80 bits per heavy atom. The van der Waals surface area contributed by atoms with Crippen molar-refractivity contribution in [3.8, 4) is 0 Å². The Bertz CT molecular complexity index is 421. The lowest BCUT2D eigenvalue weighted by Crippen LogP contribution is -2.49. The molecule has 3 rings (SSSR count). The van der Waals surface area contributed by atoms with Gasteiger partial charge in [0.1, 0.15) is 5.54 Å². The third kappa shape index (κ3) is 2.22. The molecule has 2 aliphatic carbocycles. The van der Waals surface area contributed by atoms with Crippen LogP contribution in [-0.2, 0) is 4.79 Å². The second-order valence-electron chi connectivity index (χ2n) is 7.02. The van der Waals surface area contributed by atoms with Crippen molar-refractivity contribution in [3.63, 3.8) is 0 Å². The number of aliphatic hydroxyl groups is 1. The zero-order valence-corrected chi connectivity index (χ0v) is 12.2. The van der Waals surface area contributed by atoms with Crippen LogP contribution in [0.25, 0.3) is 0 Å². The Morgan fingerprint density at radius 1 is 1.20 bits per heavy atom. The summed E-state index contributed by atoms with van der Waals surface area (Å²) in [5.74, 6) is 0.506. The van der Waals surface area contributed by atoms with Crippen LogP contribution in [0.15, 0.2) is 0 Å². The average molecular weight is 280 g/mol. The first kappa shape index (κ1) is 13.9. The van der Waals surface area contributed by atoms with Crippen LogP contribution in [0.5, 0.6) is 0 Å².